The van der Waals surface area contributed by atoms with Crippen LogP contribution in [-0.2, 0) is 9.59 Å². The van der Waals surface area contributed by atoms with Crippen LogP contribution < -0.4 is 5.32 Å². The Morgan fingerprint density at radius 3 is 2.78 bits per heavy atom. The molecule has 0 saturated carbocycles. The molecule has 1 saturated heterocycles. The van der Waals surface area contributed by atoms with E-state index in [0.717, 1.165) is 25.5 Å². The molecule has 126 valence electrons. The number of nitrogens with one attached hydrogen (secondary N) is 1. The van der Waals surface area contributed by atoms with Crippen molar-refractivity contribution in [3.05, 3.63) is 29.0 Å². The van der Waals surface area contributed by atoms with E-state index in [2.05, 4.69) is 17.1 Å². The summed E-state index contributed by atoms with van der Waals surface area (Å²) in [5.74, 6) is -1.99. The van der Waals surface area contributed by atoms with Crippen LogP contribution in [0.1, 0.15) is 19.8 Å². The van der Waals surface area contributed by atoms with Gasteiger partial charge in [0, 0.05) is 25.7 Å². The van der Waals surface area contributed by atoms with Crippen LogP contribution in [0, 0.1) is 5.82 Å². The molecule has 0 aromatic heterocycles. The lowest BCUT2D eigenvalue weighted by molar-refractivity contribution is -0.144. The van der Waals surface area contributed by atoms with Crippen molar-refractivity contribution in [2.24, 2.45) is 0 Å². The van der Waals surface area contributed by atoms with Gasteiger partial charge in [-0.15, -0.1) is 0 Å². The average Bonchev–Trinajstić information content (AvgIpc) is 2.52. The highest BCUT2D eigenvalue weighted by molar-refractivity contribution is 6.41. The lowest BCUT2D eigenvalue weighted by atomic mass is 9.97. The minimum Gasteiger partial charge on any atom is -0.334 e. The Kier molecular flexibility index (Phi) is 5.59. The number of hydrogen-bond acceptors (Lipinski definition) is 3. The van der Waals surface area contributed by atoms with Crippen LogP contribution in [0.2, 0.25) is 5.02 Å². The number of carbonyl (C=O) groups excluding carboxylic acids is 2. The highest BCUT2D eigenvalue weighted by Gasteiger charge is 2.30. The fraction of sp³-hybridized carbons (Fsp3) is 0.500. The predicted octanol–water partition coefficient (Wildman–Crippen LogP) is 2.36. The first-order valence-corrected chi connectivity index (χ1v) is 7.90. The number of likely N-dealkylation sites (tertiary alicyclic amines) is 1. The maximum absolute atomic E-state index is 13.2. The van der Waals surface area contributed by atoms with Gasteiger partial charge in [-0.05, 0) is 45.0 Å². The van der Waals surface area contributed by atoms with E-state index in [4.69, 9.17) is 11.6 Å². The monoisotopic (exact) mass is 341 g/mol. The molecule has 0 unspecified atom stereocenters. The van der Waals surface area contributed by atoms with Crippen LogP contribution in [0.3, 0.4) is 0 Å². The molecule has 0 aliphatic carbocycles. The maximum Gasteiger partial charge on any atom is 0.313 e. The van der Waals surface area contributed by atoms with E-state index in [0.29, 0.717) is 6.04 Å². The van der Waals surface area contributed by atoms with Gasteiger partial charge in [0.25, 0.3) is 0 Å². The number of benzene rings is 1. The Bertz CT molecular complexity index is 611. The molecular formula is C16H21ClFN3O2. The Morgan fingerprint density at radius 1 is 1.43 bits per heavy atom. The summed E-state index contributed by atoms with van der Waals surface area (Å²) in [7, 11) is 3.67. The van der Waals surface area contributed by atoms with E-state index in [-0.39, 0.29) is 16.8 Å². The van der Waals surface area contributed by atoms with Crippen LogP contribution in [0.25, 0.3) is 0 Å². The average molecular weight is 342 g/mol. The van der Waals surface area contributed by atoms with Crippen LogP contribution >= 0.6 is 11.6 Å². The first-order valence-electron chi connectivity index (χ1n) is 7.53. The Labute approximate surface area is 140 Å². The van der Waals surface area contributed by atoms with Gasteiger partial charge in [-0.2, -0.15) is 0 Å². The summed E-state index contributed by atoms with van der Waals surface area (Å²) in [5.41, 5.74) is 0.0927. The zero-order chi connectivity index (χ0) is 17.1. The van der Waals surface area contributed by atoms with Crippen molar-refractivity contribution in [3.8, 4) is 0 Å². The number of likely N-dealkylation sites (N-methyl/N-ethyl adjacent to an activating group) is 1. The van der Waals surface area contributed by atoms with Crippen molar-refractivity contribution < 1.29 is 14.0 Å². The molecule has 1 fully saturated rings. The molecule has 23 heavy (non-hydrogen) atoms. The van der Waals surface area contributed by atoms with Gasteiger partial charge in [-0.3, -0.25) is 9.59 Å². The second-order valence-electron chi connectivity index (χ2n) is 6.00. The summed E-state index contributed by atoms with van der Waals surface area (Å²) in [6, 6.07) is 3.98. The number of anilines is 1. The highest BCUT2D eigenvalue weighted by Crippen LogP contribution is 2.23. The molecule has 0 bridgehead atoms. The predicted molar refractivity (Wildman–Crippen MR) is 87.9 cm³/mol. The standard InChI is InChI=1S/C16H21ClFN3O2/c1-10-8-12(6-7-20(10)2)21(3)16(23)15(22)19-14-9-11(18)4-5-13(14)17/h4-5,9-10,12H,6-8H2,1-3H3,(H,19,22)/t10-,12-/m1/s1. The first kappa shape index (κ1) is 17.7. The second kappa shape index (κ2) is 7.27. The van der Waals surface area contributed by atoms with Gasteiger partial charge in [0.15, 0.2) is 0 Å². The molecule has 1 aromatic rings. The van der Waals surface area contributed by atoms with Crippen molar-refractivity contribution >= 4 is 29.1 Å². The fourth-order valence-corrected chi connectivity index (χ4v) is 2.88. The van der Waals surface area contributed by atoms with Crippen molar-refractivity contribution in [1.82, 2.24) is 9.80 Å². The molecule has 1 aliphatic heterocycles. The summed E-state index contributed by atoms with van der Waals surface area (Å²) in [5, 5.41) is 2.56. The lowest BCUT2D eigenvalue weighted by Gasteiger charge is -2.39. The third-order valence-corrected chi connectivity index (χ3v) is 4.75. The summed E-state index contributed by atoms with van der Waals surface area (Å²) >= 11 is 5.90. The van der Waals surface area contributed by atoms with Gasteiger partial charge >= 0.3 is 11.8 Å². The third kappa shape index (κ3) is 4.20. The van der Waals surface area contributed by atoms with E-state index in [1.165, 1.54) is 17.0 Å². The minimum atomic E-state index is -0.813. The van der Waals surface area contributed by atoms with Gasteiger partial charge < -0.3 is 15.1 Å². The summed E-state index contributed by atoms with van der Waals surface area (Å²) < 4.78 is 13.2. The van der Waals surface area contributed by atoms with Gasteiger partial charge in [0.2, 0.25) is 0 Å². The number of carbonyl (C=O) groups is 2. The van der Waals surface area contributed by atoms with Gasteiger partial charge in [0.1, 0.15) is 5.82 Å². The van der Waals surface area contributed by atoms with E-state index >= 15 is 0 Å². The smallest absolute Gasteiger partial charge is 0.313 e. The Balaban J connectivity index is 2.01. The molecule has 1 heterocycles. The molecule has 0 spiro atoms. The number of nitrogens with zero attached hydrogens (tertiary/aromatic N) is 2. The largest absolute Gasteiger partial charge is 0.334 e. The third-order valence-electron chi connectivity index (χ3n) is 4.42. The molecule has 0 radical (unpaired) electrons. The van der Waals surface area contributed by atoms with Crippen LogP contribution in [0.15, 0.2) is 18.2 Å². The molecular weight excluding hydrogens is 321 g/mol. The van der Waals surface area contributed by atoms with Crippen LogP contribution in [-0.4, -0.2) is 54.3 Å². The van der Waals surface area contributed by atoms with Crippen LogP contribution in [0.5, 0.6) is 0 Å². The van der Waals surface area contributed by atoms with Crippen molar-refractivity contribution in [1.29, 1.82) is 0 Å². The van der Waals surface area contributed by atoms with Gasteiger partial charge in [-0.25, -0.2) is 4.39 Å². The molecule has 1 aromatic carbocycles. The maximum atomic E-state index is 13.2. The molecule has 7 heteroatoms. The van der Waals surface area contributed by atoms with Gasteiger partial charge in [-0.1, -0.05) is 11.6 Å². The van der Waals surface area contributed by atoms with E-state index in [9.17, 15) is 14.0 Å². The SMILES string of the molecule is C[C@@H]1C[C@H](N(C)C(=O)C(=O)Nc2cc(F)ccc2Cl)CCN1C. The lowest BCUT2D eigenvalue weighted by Crippen LogP contribution is -2.50. The number of amides is 2. The van der Waals surface area contributed by atoms with Crippen molar-refractivity contribution in [2.75, 3.05) is 26.0 Å². The molecule has 2 atom stereocenters. The van der Waals surface area contributed by atoms with E-state index < -0.39 is 17.6 Å². The second-order valence-corrected chi connectivity index (χ2v) is 6.41. The molecule has 1 aliphatic rings. The summed E-state index contributed by atoms with van der Waals surface area (Å²) in [6.45, 7) is 2.97. The van der Waals surface area contributed by atoms with E-state index in [1.807, 2.05) is 7.05 Å². The fourth-order valence-electron chi connectivity index (χ4n) is 2.71. The van der Waals surface area contributed by atoms with Crippen molar-refractivity contribution in [2.45, 2.75) is 31.8 Å². The number of piperidine rings is 1. The minimum absolute atomic E-state index is 0.0161. The number of hydrogen-bond donors (Lipinski definition) is 1. The molecule has 2 rings (SSSR count). The topological polar surface area (TPSA) is 52.7 Å². The molecule has 1 N–H and O–H groups in total. The summed E-state index contributed by atoms with van der Waals surface area (Å²) in [6.07, 6.45) is 1.63. The quantitative estimate of drug-likeness (QED) is 0.840. The Hall–Kier alpha value is -1.66. The van der Waals surface area contributed by atoms with Crippen molar-refractivity contribution in [3.63, 3.8) is 0 Å². The van der Waals surface area contributed by atoms with E-state index in [1.54, 1.807) is 7.05 Å². The summed E-state index contributed by atoms with van der Waals surface area (Å²) in [4.78, 5) is 28.1. The molecule has 5 nitrogen and oxygen atoms in total. The number of rotatable bonds is 2. The first-order chi connectivity index (χ1) is 10.8. The van der Waals surface area contributed by atoms with Crippen LogP contribution in [0.4, 0.5) is 10.1 Å². The number of halogens is 2. The Morgan fingerprint density at radius 2 is 2.13 bits per heavy atom. The van der Waals surface area contributed by atoms with Gasteiger partial charge in [0.05, 0.1) is 10.7 Å². The normalized spacial score (nSPS) is 21.8. The highest BCUT2D eigenvalue weighted by atomic mass is 35.5. The zero-order valence-corrected chi connectivity index (χ0v) is 14.2. The molecule has 2 amide bonds. The zero-order valence-electron chi connectivity index (χ0n) is 13.5.